The van der Waals surface area contributed by atoms with Crippen LogP contribution in [0.15, 0.2) is 23.1 Å². The normalized spacial score (nSPS) is 21.4. The van der Waals surface area contributed by atoms with E-state index in [0.717, 1.165) is 19.3 Å². The van der Waals surface area contributed by atoms with Gasteiger partial charge in [-0.2, -0.15) is 4.31 Å². The topological polar surface area (TPSA) is 63.4 Å². The second-order valence-electron chi connectivity index (χ2n) is 6.31. The Kier molecular flexibility index (Phi) is 4.94. The largest absolute Gasteiger partial charge is 0.398 e. The van der Waals surface area contributed by atoms with Gasteiger partial charge >= 0.3 is 0 Å². The van der Waals surface area contributed by atoms with Crippen LogP contribution in [-0.4, -0.2) is 25.8 Å². The van der Waals surface area contributed by atoms with E-state index in [0.29, 0.717) is 41.1 Å². The highest BCUT2D eigenvalue weighted by Gasteiger charge is 2.29. The van der Waals surface area contributed by atoms with Gasteiger partial charge in [0.25, 0.3) is 0 Å². The molecule has 0 saturated carbocycles. The van der Waals surface area contributed by atoms with E-state index in [9.17, 15) is 8.42 Å². The van der Waals surface area contributed by atoms with Gasteiger partial charge in [0.1, 0.15) is 0 Å². The molecule has 0 aliphatic carbocycles. The van der Waals surface area contributed by atoms with Crippen molar-refractivity contribution in [3.8, 4) is 0 Å². The van der Waals surface area contributed by atoms with Crippen LogP contribution in [0, 0.1) is 18.8 Å². The van der Waals surface area contributed by atoms with Gasteiger partial charge < -0.3 is 5.73 Å². The minimum atomic E-state index is -3.43. The smallest absolute Gasteiger partial charge is 0.243 e. The van der Waals surface area contributed by atoms with Crippen LogP contribution in [0.2, 0.25) is 0 Å². The number of hydrogen-bond acceptors (Lipinski definition) is 3. The van der Waals surface area contributed by atoms with Crippen molar-refractivity contribution < 1.29 is 8.42 Å². The standard InChI is InChI=1S/C16H26N2O2S/c1-12(2)14-6-5-10-18(11-9-14)21(19,20)16-8-4-7-15(17)13(16)3/h4,7-8,12,14H,5-6,9-11,17H2,1-3H3. The van der Waals surface area contributed by atoms with Crippen LogP contribution in [0.25, 0.3) is 0 Å². The monoisotopic (exact) mass is 310 g/mol. The predicted molar refractivity (Wildman–Crippen MR) is 86.5 cm³/mol. The number of nitrogens with two attached hydrogens (primary N) is 1. The van der Waals surface area contributed by atoms with Gasteiger partial charge in [-0.05, 0) is 55.7 Å². The van der Waals surface area contributed by atoms with Crippen molar-refractivity contribution in [3.05, 3.63) is 23.8 Å². The number of nitrogen functional groups attached to an aromatic ring is 1. The van der Waals surface area contributed by atoms with E-state index in [1.165, 1.54) is 0 Å². The van der Waals surface area contributed by atoms with Gasteiger partial charge in [0, 0.05) is 18.8 Å². The lowest BCUT2D eigenvalue weighted by Crippen LogP contribution is -2.32. The Balaban J connectivity index is 2.26. The summed E-state index contributed by atoms with van der Waals surface area (Å²) in [5, 5.41) is 0. The van der Waals surface area contributed by atoms with E-state index < -0.39 is 10.0 Å². The first-order valence-corrected chi connectivity index (χ1v) is 9.13. The summed E-state index contributed by atoms with van der Waals surface area (Å²) in [6.45, 7) is 7.43. The predicted octanol–water partition coefficient (Wildman–Crippen LogP) is 3.02. The third-order valence-electron chi connectivity index (χ3n) is 4.62. The van der Waals surface area contributed by atoms with Crippen molar-refractivity contribution in [2.45, 2.75) is 44.9 Å². The van der Waals surface area contributed by atoms with Crippen molar-refractivity contribution in [2.75, 3.05) is 18.8 Å². The van der Waals surface area contributed by atoms with E-state index in [-0.39, 0.29) is 0 Å². The molecule has 0 aromatic heterocycles. The maximum atomic E-state index is 12.9. The lowest BCUT2D eigenvalue weighted by molar-refractivity contribution is 0.340. The first-order valence-electron chi connectivity index (χ1n) is 7.69. The van der Waals surface area contributed by atoms with Crippen LogP contribution in [-0.2, 0) is 10.0 Å². The molecule has 0 amide bonds. The molecule has 0 bridgehead atoms. The second kappa shape index (κ2) is 6.36. The second-order valence-corrected chi connectivity index (χ2v) is 8.22. The van der Waals surface area contributed by atoms with E-state index in [1.54, 1.807) is 29.4 Å². The molecule has 1 aromatic rings. The summed E-state index contributed by atoms with van der Waals surface area (Å²) in [5.74, 6) is 1.23. The molecule has 1 aromatic carbocycles. The molecule has 0 spiro atoms. The van der Waals surface area contributed by atoms with Gasteiger partial charge in [-0.3, -0.25) is 0 Å². The molecule has 21 heavy (non-hydrogen) atoms. The van der Waals surface area contributed by atoms with Gasteiger partial charge in [0.2, 0.25) is 10.0 Å². The molecule has 1 fully saturated rings. The third-order valence-corrected chi connectivity index (χ3v) is 6.66. The lowest BCUT2D eigenvalue weighted by Gasteiger charge is -2.22. The number of hydrogen-bond donors (Lipinski definition) is 1. The first-order chi connectivity index (χ1) is 9.84. The molecule has 1 unspecified atom stereocenters. The number of anilines is 1. The van der Waals surface area contributed by atoms with Gasteiger partial charge in [-0.1, -0.05) is 19.9 Å². The summed E-state index contributed by atoms with van der Waals surface area (Å²) in [5.41, 5.74) is 7.04. The number of sulfonamides is 1. The molecule has 1 aliphatic rings. The Morgan fingerprint density at radius 3 is 2.62 bits per heavy atom. The van der Waals surface area contributed by atoms with Crippen molar-refractivity contribution in [1.29, 1.82) is 0 Å². The Morgan fingerprint density at radius 1 is 1.24 bits per heavy atom. The average Bonchev–Trinajstić information content (AvgIpc) is 2.68. The van der Waals surface area contributed by atoms with Crippen molar-refractivity contribution in [2.24, 2.45) is 11.8 Å². The zero-order valence-electron chi connectivity index (χ0n) is 13.2. The molecule has 1 atom stereocenters. The summed E-state index contributed by atoms with van der Waals surface area (Å²) < 4.78 is 27.4. The molecule has 1 heterocycles. The Bertz CT molecular complexity index is 596. The molecule has 4 nitrogen and oxygen atoms in total. The minimum Gasteiger partial charge on any atom is -0.398 e. The average molecular weight is 310 g/mol. The summed E-state index contributed by atoms with van der Waals surface area (Å²) in [6, 6.07) is 5.11. The van der Waals surface area contributed by atoms with Gasteiger partial charge in [0.15, 0.2) is 0 Å². The quantitative estimate of drug-likeness (QED) is 0.873. The van der Waals surface area contributed by atoms with Crippen LogP contribution in [0.3, 0.4) is 0 Å². The molecule has 118 valence electrons. The van der Waals surface area contributed by atoms with Crippen LogP contribution >= 0.6 is 0 Å². The van der Waals surface area contributed by atoms with Crippen LogP contribution in [0.4, 0.5) is 5.69 Å². The Morgan fingerprint density at radius 2 is 1.95 bits per heavy atom. The van der Waals surface area contributed by atoms with E-state index in [2.05, 4.69) is 13.8 Å². The maximum Gasteiger partial charge on any atom is 0.243 e. The lowest BCUT2D eigenvalue weighted by atomic mass is 9.89. The van der Waals surface area contributed by atoms with Gasteiger partial charge in [-0.15, -0.1) is 0 Å². The van der Waals surface area contributed by atoms with E-state index in [1.807, 2.05) is 0 Å². The fourth-order valence-corrected chi connectivity index (χ4v) is 4.80. The SMILES string of the molecule is Cc1c(N)cccc1S(=O)(=O)N1CCCC(C(C)C)CC1. The molecule has 2 rings (SSSR count). The summed E-state index contributed by atoms with van der Waals surface area (Å²) in [7, 11) is -3.43. The fourth-order valence-electron chi connectivity index (χ4n) is 3.05. The van der Waals surface area contributed by atoms with Crippen LogP contribution in [0.5, 0.6) is 0 Å². The van der Waals surface area contributed by atoms with Crippen LogP contribution < -0.4 is 5.73 Å². The van der Waals surface area contributed by atoms with Gasteiger partial charge in [0.05, 0.1) is 4.90 Å². The molecule has 0 radical (unpaired) electrons. The summed E-state index contributed by atoms with van der Waals surface area (Å²) in [4.78, 5) is 0.352. The maximum absolute atomic E-state index is 12.9. The highest BCUT2D eigenvalue weighted by atomic mass is 32.2. The summed E-state index contributed by atoms with van der Waals surface area (Å²) in [6.07, 6.45) is 2.99. The van der Waals surface area contributed by atoms with E-state index in [4.69, 9.17) is 5.73 Å². The fraction of sp³-hybridized carbons (Fsp3) is 0.625. The third kappa shape index (κ3) is 3.40. The highest BCUT2D eigenvalue weighted by molar-refractivity contribution is 7.89. The zero-order chi connectivity index (χ0) is 15.6. The zero-order valence-corrected chi connectivity index (χ0v) is 14.0. The Labute approximate surface area is 128 Å². The molecule has 5 heteroatoms. The Hall–Kier alpha value is -1.07. The minimum absolute atomic E-state index is 0.352. The number of benzene rings is 1. The number of nitrogens with zero attached hydrogens (tertiary/aromatic N) is 1. The number of rotatable bonds is 3. The molecule has 1 saturated heterocycles. The van der Waals surface area contributed by atoms with E-state index >= 15 is 0 Å². The highest BCUT2D eigenvalue weighted by Crippen LogP contribution is 2.29. The molecular formula is C16H26N2O2S. The van der Waals surface area contributed by atoms with Crippen LogP contribution in [0.1, 0.15) is 38.7 Å². The molecule has 1 aliphatic heterocycles. The van der Waals surface area contributed by atoms with Crippen molar-refractivity contribution >= 4 is 15.7 Å². The molecule has 2 N–H and O–H groups in total. The summed E-state index contributed by atoms with van der Waals surface area (Å²) >= 11 is 0. The van der Waals surface area contributed by atoms with Crippen molar-refractivity contribution in [3.63, 3.8) is 0 Å². The molecular weight excluding hydrogens is 284 g/mol. The van der Waals surface area contributed by atoms with Crippen molar-refractivity contribution in [1.82, 2.24) is 4.31 Å². The van der Waals surface area contributed by atoms with Gasteiger partial charge in [-0.25, -0.2) is 8.42 Å². The first kappa shape index (κ1) is 16.3.